The normalized spacial score (nSPS) is 11.7. The second-order valence-electron chi connectivity index (χ2n) is 8.63. The molecule has 3 aromatic rings. The molecule has 166 valence electrons. The first-order valence-corrected chi connectivity index (χ1v) is 10.1. The molecule has 1 amide bonds. The number of hydrogen-bond acceptors (Lipinski definition) is 5. The summed E-state index contributed by atoms with van der Waals surface area (Å²) in [6.07, 6.45) is 2.29. The van der Waals surface area contributed by atoms with Gasteiger partial charge in [-0.15, -0.1) is 0 Å². The molecule has 0 aliphatic carbocycles. The zero-order chi connectivity index (χ0) is 22.9. The van der Waals surface area contributed by atoms with Gasteiger partial charge in [-0.2, -0.15) is 0 Å². The van der Waals surface area contributed by atoms with Gasteiger partial charge in [0, 0.05) is 27.1 Å². The van der Waals surface area contributed by atoms with Crippen LogP contribution in [0.2, 0.25) is 0 Å². The third-order valence-corrected chi connectivity index (χ3v) is 5.36. The molecule has 0 saturated heterocycles. The number of nitrogens with one attached hydrogen (secondary N) is 1. The number of anilines is 1. The standard InChI is InChI=1S/C22H29N5O4/c1-22(2,3)14-9-10-16(31-6)15(12-14)24-17(28)8-7-11-27-13-23-19-18(27)20(29)26(5)21(30)25(19)4/h9-10,12-13H,7-8,11H2,1-6H3,(H,24,28). The zero-order valence-corrected chi connectivity index (χ0v) is 18.9. The van der Waals surface area contributed by atoms with Crippen LogP contribution in [0, 0.1) is 0 Å². The second-order valence-corrected chi connectivity index (χ2v) is 8.63. The Balaban J connectivity index is 1.72. The molecule has 0 spiro atoms. The molecule has 0 unspecified atom stereocenters. The lowest BCUT2D eigenvalue weighted by Gasteiger charge is -2.21. The number of rotatable bonds is 6. The van der Waals surface area contributed by atoms with E-state index in [-0.39, 0.29) is 17.7 Å². The molecule has 1 N–H and O–H groups in total. The van der Waals surface area contributed by atoms with Crippen molar-refractivity contribution in [2.75, 3.05) is 12.4 Å². The predicted octanol–water partition coefficient (Wildman–Crippen LogP) is 2.16. The maximum atomic E-state index is 12.6. The highest BCUT2D eigenvalue weighted by Crippen LogP contribution is 2.31. The Morgan fingerprint density at radius 1 is 1.16 bits per heavy atom. The summed E-state index contributed by atoms with van der Waals surface area (Å²) in [6.45, 7) is 6.75. The van der Waals surface area contributed by atoms with Gasteiger partial charge in [0.1, 0.15) is 5.75 Å². The Morgan fingerprint density at radius 3 is 2.52 bits per heavy atom. The topological polar surface area (TPSA) is 100 Å². The van der Waals surface area contributed by atoms with Gasteiger partial charge in [0.15, 0.2) is 11.2 Å². The van der Waals surface area contributed by atoms with Crippen LogP contribution in [0.4, 0.5) is 5.69 Å². The number of carbonyl (C=O) groups excluding carboxylic acids is 1. The Morgan fingerprint density at radius 2 is 1.87 bits per heavy atom. The van der Waals surface area contributed by atoms with E-state index >= 15 is 0 Å². The number of hydrogen-bond donors (Lipinski definition) is 1. The van der Waals surface area contributed by atoms with Crippen molar-refractivity contribution in [3.05, 3.63) is 50.9 Å². The lowest BCUT2D eigenvalue weighted by Crippen LogP contribution is -2.37. The molecule has 0 aliphatic rings. The number of aryl methyl sites for hydroxylation is 2. The summed E-state index contributed by atoms with van der Waals surface area (Å²) in [7, 11) is 4.59. The fraction of sp³-hybridized carbons (Fsp3) is 0.455. The van der Waals surface area contributed by atoms with E-state index in [0.717, 1.165) is 10.1 Å². The summed E-state index contributed by atoms with van der Waals surface area (Å²) in [5.74, 6) is 0.459. The van der Waals surface area contributed by atoms with E-state index in [2.05, 4.69) is 31.1 Å². The van der Waals surface area contributed by atoms with E-state index in [1.54, 1.807) is 18.7 Å². The van der Waals surface area contributed by atoms with Crippen molar-refractivity contribution in [2.24, 2.45) is 14.1 Å². The fourth-order valence-corrected chi connectivity index (χ4v) is 3.46. The van der Waals surface area contributed by atoms with Gasteiger partial charge < -0.3 is 14.6 Å². The van der Waals surface area contributed by atoms with Gasteiger partial charge in [-0.3, -0.25) is 18.7 Å². The number of carbonyl (C=O) groups is 1. The number of ether oxygens (including phenoxy) is 1. The summed E-state index contributed by atoms with van der Waals surface area (Å²) >= 11 is 0. The third kappa shape index (κ3) is 4.40. The van der Waals surface area contributed by atoms with Crippen LogP contribution in [0.3, 0.4) is 0 Å². The summed E-state index contributed by atoms with van der Waals surface area (Å²) < 4.78 is 9.46. The molecule has 9 heteroatoms. The monoisotopic (exact) mass is 427 g/mol. The molecule has 9 nitrogen and oxygen atoms in total. The Bertz CT molecular complexity index is 1240. The van der Waals surface area contributed by atoms with Gasteiger partial charge in [0.25, 0.3) is 5.56 Å². The van der Waals surface area contributed by atoms with Crippen LogP contribution in [0.25, 0.3) is 11.2 Å². The first kappa shape index (κ1) is 22.3. The third-order valence-electron chi connectivity index (χ3n) is 5.36. The molecular formula is C22H29N5O4. The average molecular weight is 428 g/mol. The van der Waals surface area contributed by atoms with Crippen LogP contribution < -0.4 is 21.3 Å². The lowest BCUT2D eigenvalue weighted by atomic mass is 9.87. The Kier molecular flexibility index (Phi) is 6.06. The van der Waals surface area contributed by atoms with Crippen LogP contribution in [-0.2, 0) is 30.8 Å². The SMILES string of the molecule is COc1ccc(C(C)(C)C)cc1NC(=O)CCCn1cnc2c1c(=O)n(C)c(=O)n2C. The van der Waals surface area contributed by atoms with Gasteiger partial charge in [-0.05, 0) is 29.5 Å². The number of fused-ring (bicyclic) bond motifs is 1. The molecule has 0 atom stereocenters. The number of imidazole rings is 1. The van der Waals surface area contributed by atoms with Gasteiger partial charge in [0.05, 0.1) is 19.1 Å². The second kappa shape index (κ2) is 8.41. The van der Waals surface area contributed by atoms with Crippen molar-refractivity contribution < 1.29 is 9.53 Å². The van der Waals surface area contributed by atoms with E-state index in [9.17, 15) is 14.4 Å². The number of amides is 1. The molecule has 1 aromatic carbocycles. The van der Waals surface area contributed by atoms with E-state index in [4.69, 9.17) is 4.74 Å². The maximum Gasteiger partial charge on any atom is 0.332 e. The van der Waals surface area contributed by atoms with Crippen molar-refractivity contribution >= 4 is 22.8 Å². The molecule has 0 radical (unpaired) electrons. The van der Waals surface area contributed by atoms with E-state index in [1.807, 2.05) is 18.2 Å². The van der Waals surface area contributed by atoms with E-state index in [0.29, 0.717) is 35.6 Å². The predicted molar refractivity (Wildman–Crippen MR) is 120 cm³/mol. The molecule has 0 saturated carbocycles. The molecule has 2 heterocycles. The summed E-state index contributed by atoms with van der Waals surface area (Å²) in [5.41, 5.74) is 1.54. The van der Waals surface area contributed by atoms with Crippen LogP contribution in [0.5, 0.6) is 5.75 Å². The summed E-state index contributed by atoms with van der Waals surface area (Å²) in [4.78, 5) is 41.3. The van der Waals surface area contributed by atoms with Gasteiger partial charge in [-0.1, -0.05) is 26.8 Å². The van der Waals surface area contributed by atoms with Gasteiger partial charge in [-0.25, -0.2) is 9.78 Å². The van der Waals surface area contributed by atoms with Crippen LogP contribution in [0.1, 0.15) is 39.2 Å². The molecule has 31 heavy (non-hydrogen) atoms. The molecular weight excluding hydrogens is 398 g/mol. The summed E-state index contributed by atoms with van der Waals surface area (Å²) in [6, 6.07) is 5.78. The first-order chi connectivity index (χ1) is 14.5. The van der Waals surface area contributed by atoms with Crippen molar-refractivity contribution in [2.45, 2.75) is 45.6 Å². The van der Waals surface area contributed by atoms with Crippen molar-refractivity contribution in [3.8, 4) is 5.75 Å². The Labute approximate surface area is 180 Å². The highest BCUT2D eigenvalue weighted by Gasteiger charge is 2.17. The van der Waals surface area contributed by atoms with Crippen LogP contribution in [-0.4, -0.2) is 31.7 Å². The largest absolute Gasteiger partial charge is 0.495 e. The van der Waals surface area contributed by atoms with Crippen LogP contribution in [0.15, 0.2) is 34.1 Å². The van der Waals surface area contributed by atoms with Gasteiger partial charge >= 0.3 is 5.69 Å². The quantitative estimate of drug-likeness (QED) is 0.650. The minimum absolute atomic E-state index is 0.0551. The number of benzene rings is 1. The van der Waals surface area contributed by atoms with E-state index < -0.39 is 11.2 Å². The molecule has 0 aliphatic heterocycles. The molecule has 3 rings (SSSR count). The van der Waals surface area contributed by atoms with E-state index in [1.165, 1.54) is 17.9 Å². The molecule has 0 bridgehead atoms. The zero-order valence-electron chi connectivity index (χ0n) is 18.9. The molecule has 0 fully saturated rings. The minimum atomic E-state index is -0.423. The van der Waals surface area contributed by atoms with Crippen molar-refractivity contribution in [1.29, 1.82) is 0 Å². The average Bonchev–Trinajstić information content (AvgIpc) is 3.14. The highest BCUT2D eigenvalue weighted by molar-refractivity contribution is 5.92. The number of aromatic nitrogens is 4. The van der Waals surface area contributed by atoms with Gasteiger partial charge in [0.2, 0.25) is 5.91 Å². The van der Waals surface area contributed by atoms with Crippen LogP contribution >= 0.6 is 0 Å². The highest BCUT2D eigenvalue weighted by atomic mass is 16.5. The number of methoxy groups -OCH3 is 1. The smallest absolute Gasteiger partial charge is 0.332 e. The fourth-order valence-electron chi connectivity index (χ4n) is 3.46. The minimum Gasteiger partial charge on any atom is -0.495 e. The first-order valence-electron chi connectivity index (χ1n) is 10.1. The van der Waals surface area contributed by atoms with Crippen molar-refractivity contribution in [3.63, 3.8) is 0 Å². The molecule has 2 aromatic heterocycles. The van der Waals surface area contributed by atoms with Crippen molar-refractivity contribution in [1.82, 2.24) is 18.7 Å². The summed E-state index contributed by atoms with van der Waals surface area (Å²) in [5, 5.41) is 2.93. The number of nitrogens with zero attached hydrogens (tertiary/aromatic N) is 4. The lowest BCUT2D eigenvalue weighted by molar-refractivity contribution is -0.116. The Hall–Kier alpha value is -3.36. The maximum absolute atomic E-state index is 12.6.